The molecule has 0 fully saturated rings. The van der Waals surface area contributed by atoms with Crippen LogP contribution in [0, 0.1) is 0 Å². The average molecular weight is 580 g/mol. The molecule has 4 aromatic rings. The predicted molar refractivity (Wildman–Crippen MR) is 154 cm³/mol. The fourth-order valence-corrected chi connectivity index (χ4v) is 5.17. The quantitative estimate of drug-likeness (QED) is 0.383. The highest BCUT2D eigenvalue weighted by Gasteiger charge is 2.33. The summed E-state index contributed by atoms with van der Waals surface area (Å²) in [6.07, 6.45) is 1.98. The molecule has 1 aliphatic heterocycles. The second-order valence-corrected chi connectivity index (χ2v) is 10.4. The summed E-state index contributed by atoms with van der Waals surface area (Å²) in [5.74, 6) is 0.594. The molecule has 3 heterocycles. The van der Waals surface area contributed by atoms with Crippen LogP contribution in [0.3, 0.4) is 0 Å². The van der Waals surface area contributed by atoms with Crippen molar-refractivity contribution in [2.75, 3.05) is 19.0 Å². The predicted octanol–water partition coefficient (Wildman–Crippen LogP) is 3.99. The minimum Gasteiger partial charge on any atom is -0.355 e. The van der Waals surface area contributed by atoms with Crippen molar-refractivity contribution >= 4 is 46.8 Å². The molecule has 10 nitrogen and oxygen atoms in total. The third-order valence-corrected chi connectivity index (χ3v) is 7.82. The SMILES string of the molecule is CNC(=O)c1ccc(-n2c(N(C)c3ccnn3C)nc3c(c2=O)C[C@@H](C)N(C(=O)c2ccc(Cl)c(Cl)c2)C3)cc1. The van der Waals surface area contributed by atoms with Crippen molar-refractivity contribution < 1.29 is 9.59 Å². The number of carbonyl (C=O) groups is 2. The lowest BCUT2D eigenvalue weighted by Crippen LogP contribution is -2.46. The summed E-state index contributed by atoms with van der Waals surface area (Å²) in [4.78, 5) is 48.1. The fourth-order valence-electron chi connectivity index (χ4n) is 4.88. The Bertz CT molecular complexity index is 1680. The van der Waals surface area contributed by atoms with Gasteiger partial charge in [0.2, 0.25) is 5.95 Å². The van der Waals surface area contributed by atoms with Gasteiger partial charge in [0.05, 0.1) is 34.2 Å². The van der Waals surface area contributed by atoms with Crippen LogP contribution in [0.1, 0.15) is 38.9 Å². The third kappa shape index (κ3) is 4.84. The summed E-state index contributed by atoms with van der Waals surface area (Å²) >= 11 is 12.2. The summed E-state index contributed by atoms with van der Waals surface area (Å²) < 4.78 is 3.20. The lowest BCUT2D eigenvalue weighted by Gasteiger charge is -2.35. The summed E-state index contributed by atoms with van der Waals surface area (Å²) in [5, 5.41) is 7.51. The van der Waals surface area contributed by atoms with E-state index in [1.165, 1.54) is 4.57 Å². The number of fused-ring (bicyclic) bond motifs is 1. The first-order valence-corrected chi connectivity index (χ1v) is 13.3. The van der Waals surface area contributed by atoms with Crippen molar-refractivity contribution in [2.24, 2.45) is 7.05 Å². The molecule has 1 N–H and O–H groups in total. The highest BCUT2D eigenvalue weighted by molar-refractivity contribution is 6.42. The standard InChI is InChI=1S/C28H27Cl2N7O3/c1-16-13-20-23(15-36(16)26(39)18-7-10-21(29)22(30)14-18)33-28(34(3)24-11-12-32-35(24)4)37(27(20)40)19-8-5-17(6-9-19)25(38)31-2/h5-12,14,16H,13,15H2,1-4H3,(H,31,38)/t16-/m1/s1. The molecule has 40 heavy (non-hydrogen) atoms. The molecular weight excluding hydrogens is 553 g/mol. The van der Waals surface area contributed by atoms with Crippen molar-refractivity contribution in [1.82, 2.24) is 29.5 Å². The molecule has 0 spiro atoms. The van der Waals surface area contributed by atoms with Crippen molar-refractivity contribution in [2.45, 2.75) is 25.9 Å². The van der Waals surface area contributed by atoms with E-state index in [9.17, 15) is 14.4 Å². The van der Waals surface area contributed by atoms with E-state index >= 15 is 0 Å². The van der Waals surface area contributed by atoms with E-state index in [0.717, 1.165) is 0 Å². The van der Waals surface area contributed by atoms with Crippen molar-refractivity contribution in [3.63, 3.8) is 0 Å². The van der Waals surface area contributed by atoms with Crippen LogP contribution in [0.15, 0.2) is 59.5 Å². The van der Waals surface area contributed by atoms with Crippen molar-refractivity contribution in [1.29, 1.82) is 0 Å². The maximum Gasteiger partial charge on any atom is 0.263 e. The number of anilines is 2. The number of halogens is 2. The van der Waals surface area contributed by atoms with E-state index in [0.29, 0.717) is 56.3 Å². The topological polar surface area (TPSA) is 105 Å². The molecule has 2 aromatic carbocycles. The van der Waals surface area contributed by atoms with Crippen molar-refractivity contribution in [3.05, 3.63) is 97.5 Å². The van der Waals surface area contributed by atoms with Gasteiger partial charge in [-0.05, 0) is 55.8 Å². The van der Waals surface area contributed by atoms with Gasteiger partial charge in [0.25, 0.3) is 17.4 Å². The molecule has 5 rings (SSSR count). The smallest absolute Gasteiger partial charge is 0.263 e. The van der Waals surface area contributed by atoms with Crippen LogP contribution in [0.5, 0.6) is 0 Å². The van der Waals surface area contributed by atoms with Crippen LogP contribution in [0.25, 0.3) is 5.69 Å². The molecule has 0 aliphatic carbocycles. The van der Waals surface area contributed by atoms with Crippen LogP contribution in [-0.4, -0.2) is 56.2 Å². The summed E-state index contributed by atoms with van der Waals surface area (Å²) in [6.45, 7) is 2.05. The number of rotatable bonds is 5. The Balaban J connectivity index is 1.62. The number of amides is 2. The number of nitrogens with zero attached hydrogens (tertiary/aromatic N) is 6. The molecule has 1 atom stereocenters. The van der Waals surface area contributed by atoms with Gasteiger partial charge in [0.15, 0.2) is 0 Å². The lowest BCUT2D eigenvalue weighted by molar-refractivity contribution is 0.0653. The number of aryl methyl sites for hydroxylation is 1. The Hall–Kier alpha value is -4.15. The van der Waals surface area contributed by atoms with Gasteiger partial charge < -0.3 is 10.2 Å². The van der Waals surface area contributed by atoms with Crippen LogP contribution >= 0.6 is 23.2 Å². The molecule has 0 bridgehead atoms. The Morgan fingerprint density at radius 3 is 2.38 bits per heavy atom. The second-order valence-electron chi connectivity index (χ2n) is 9.59. The van der Waals surface area contributed by atoms with Gasteiger partial charge in [-0.15, -0.1) is 0 Å². The largest absolute Gasteiger partial charge is 0.355 e. The zero-order valence-corrected chi connectivity index (χ0v) is 23.9. The van der Waals surface area contributed by atoms with E-state index in [1.807, 2.05) is 13.0 Å². The first-order valence-electron chi connectivity index (χ1n) is 12.6. The first-order chi connectivity index (χ1) is 19.1. The molecule has 0 saturated carbocycles. The number of carbonyl (C=O) groups excluding carboxylic acids is 2. The molecular formula is C28H27Cl2N7O3. The highest BCUT2D eigenvalue weighted by Crippen LogP contribution is 2.29. The Kier molecular flexibility index (Phi) is 7.39. The van der Waals surface area contributed by atoms with Gasteiger partial charge in [-0.2, -0.15) is 5.10 Å². The summed E-state index contributed by atoms with van der Waals surface area (Å²) in [7, 11) is 5.15. The lowest BCUT2D eigenvalue weighted by atomic mass is 9.98. The van der Waals surface area contributed by atoms with E-state index in [2.05, 4.69) is 10.4 Å². The molecule has 206 valence electrons. The molecule has 0 unspecified atom stereocenters. The highest BCUT2D eigenvalue weighted by atomic mass is 35.5. The van der Waals surface area contributed by atoms with Crippen LogP contribution < -0.4 is 15.8 Å². The summed E-state index contributed by atoms with van der Waals surface area (Å²) in [5.41, 5.74) is 2.23. The zero-order valence-electron chi connectivity index (χ0n) is 22.4. The van der Waals surface area contributed by atoms with Gasteiger partial charge in [-0.1, -0.05) is 23.2 Å². The van der Waals surface area contributed by atoms with Gasteiger partial charge in [0.1, 0.15) is 5.82 Å². The Labute approximate surface area is 240 Å². The Morgan fingerprint density at radius 2 is 1.75 bits per heavy atom. The van der Waals surface area contributed by atoms with Gasteiger partial charge in [-0.25, -0.2) is 9.55 Å². The maximum atomic E-state index is 14.1. The van der Waals surface area contributed by atoms with Crippen LogP contribution in [-0.2, 0) is 20.0 Å². The van der Waals surface area contributed by atoms with Gasteiger partial charge >= 0.3 is 0 Å². The Morgan fingerprint density at radius 1 is 1.05 bits per heavy atom. The van der Waals surface area contributed by atoms with Crippen LogP contribution in [0.2, 0.25) is 10.0 Å². The minimum absolute atomic E-state index is 0.146. The number of benzene rings is 2. The number of nitrogens with one attached hydrogen (secondary N) is 1. The fraction of sp³-hybridized carbons (Fsp3) is 0.250. The normalized spacial score (nSPS) is 14.6. The van der Waals surface area contributed by atoms with Crippen molar-refractivity contribution in [3.8, 4) is 5.69 Å². The molecule has 0 radical (unpaired) electrons. The van der Waals surface area contributed by atoms with E-state index < -0.39 is 0 Å². The number of hydrogen-bond donors (Lipinski definition) is 1. The van der Waals surface area contributed by atoms with Crippen LogP contribution in [0.4, 0.5) is 11.8 Å². The average Bonchev–Trinajstić information content (AvgIpc) is 3.39. The van der Waals surface area contributed by atoms with E-state index in [4.69, 9.17) is 28.2 Å². The zero-order chi connectivity index (χ0) is 28.7. The van der Waals surface area contributed by atoms with Gasteiger partial charge in [0, 0.05) is 49.9 Å². The molecule has 0 saturated heterocycles. The number of aromatic nitrogens is 4. The summed E-state index contributed by atoms with van der Waals surface area (Å²) in [6, 6.07) is 13.1. The monoisotopic (exact) mass is 579 g/mol. The third-order valence-electron chi connectivity index (χ3n) is 7.08. The number of hydrogen-bond acceptors (Lipinski definition) is 6. The second kappa shape index (κ2) is 10.8. The van der Waals surface area contributed by atoms with Gasteiger partial charge in [-0.3, -0.25) is 24.0 Å². The molecule has 1 aliphatic rings. The minimum atomic E-state index is -0.270. The maximum absolute atomic E-state index is 14.1. The molecule has 2 aromatic heterocycles. The first kappa shape index (κ1) is 27.4. The van der Waals surface area contributed by atoms with E-state index in [1.54, 1.807) is 84.3 Å². The molecule has 2 amide bonds. The molecule has 12 heteroatoms. The van der Waals surface area contributed by atoms with E-state index in [-0.39, 0.29) is 30.0 Å².